The van der Waals surface area contributed by atoms with Crippen LogP contribution in [0.5, 0.6) is 11.5 Å². The van der Waals surface area contributed by atoms with E-state index in [2.05, 4.69) is 13.0 Å². The number of rotatable bonds is 4. The van der Waals surface area contributed by atoms with E-state index in [4.69, 9.17) is 15.2 Å². The molecule has 1 aliphatic heterocycles. The molecular weight excluding hydrogens is 234 g/mol. The molecule has 3 nitrogen and oxygen atoms in total. The summed E-state index contributed by atoms with van der Waals surface area (Å²) >= 11 is 1.77. The molecule has 0 amide bonds. The van der Waals surface area contributed by atoms with Crippen LogP contribution in [0, 0.1) is 0 Å². The summed E-state index contributed by atoms with van der Waals surface area (Å²) in [7, 11) is 0. The largest absolute Gasteiger partial charge is 0.490 e. The summed E-state index contributed by atoms with van der Waals surface area (Å²) in [6.45, 7) is 3.58. The van der Waals surface area contributed by atoms with Crippen LogP contribution in [0.25, 0.3) is 0 Å². The molecule has 2 rings (SSSR count). The summed E-state index contributed by atoms with van der Waals surface area (Å²) in [6.07, 6.45) is 1.95. The van der Waals surface area contributed by atoms with Crippen molar-refractivity contribution in [2.24, 2.45) is 5.73 Å². The first-order valence-electron chi connectivity index (χ1n) is 6.07. The zero-order chi connectivity index (χ0) is 12.1. The first-order chi connectivity index (χ1) is 8.29. The Hall–Kier alpha value is -0.870. The topological polar surface area (TPSA) is 44.5 Å². The minimum atomic E-state index is 0.260. The van der Waals surface area contributed by atoms with E-state index < -0.39 is 0 Å². The van der Waals surface area contributed by atoms with Gasteiger partial charge in [-0.25, -0.2) is 0 Å². The van der Waals surface area contributed by atoms with Crippen molar-refractivity contribution in [2.45, 2.75) is 30.7 Å². The lowest BCUT2D eigenvalue weighted by atomic mass is 10.3. The van der Waals surface area contributed by atoms with Crippen molar-refractivity contribution in [3.8, 4) is 11.5 Å². The van der Waals surface area contributed by atoms with Gasteiger partial charge in [-0.05, 0) is 24.6 Å². The van der Waals surface area contributed by atoms with Gasteiger partial charge in [0.25, 0.3) is 0 Å². The van der Waals surface area contributed by atoms with Gasteiger partial charge in [-0.15, -0.1) is 11.8 Å². The van der Waals surface area contributed by atoms with Gasteiger partial charge < -0.3 is 15.2 Å². The molecule has 17 heavy (non-hydrogen) atoms. The molecule has 0 aliphatic carbocycles. The van der Waals surface area contributed by atoms with Crippen molar-refractivity contribution in [1.29, 1.82) is 0 Å². The SMILES string of the molecule is CCC(N)CSc1ccc2c(c1)OCCCO2. The van der Waals surface area contributed by atoms with Gasteiger partial charge in [-0.1, -0.05) is 6.92 Å². The molecule has 0 spiro atoms. The molecule has 0 bridgehead atoms. The lowest BCUT2D eigenvalue weighted by molar-refractivity contribution is 0.297. The molecule has 94 valence electrons. The molecule has 4 heteroatoms. The van der Waals surface area contributed by atoms with Crippen LogP contribution in [0.15, 0.2) is 23.1 Å². The summed E-state index contributed by atoms with van der Waals surface area (Å²) < 4.78 is 11.2. The van der Waals surface area contributed by atoms with Gasteiger partial charge in [0.1, 0.15) is 0 Å². The summed E-state index contributed by atoms with van der Waals surface area (Å²) in [5.41, 5.74) is 5.91. The van der Waals surface area contributed by atoms with E-state index in [-0.39, 0.29) is 6.04 Å². The molecule has 0 saturated carbocycles. The molecule has 0 aromatic heterocycles. The highest BCUT2D eigenvalue weighted by Gasteiger charge is 2.11. The Morgan fingerprint density at radius 1 is 1.29 bits per heavy atom. The van der Waals surface area contributed by atoms with Crippen LogP contribution in [0.2, 0.25) is 0 Å². The van der Waals surface area contributed by atoms with E-state index in [9.17, 15) is 0 Å². The lowest BCUT2D eigenvalue weighted by Crippen LogP contribution is -2.21. The molecule has 1 aromatic rings. The van der Waals surface area contributed by atoms with Crippen LogP contribution in [0.1, 0.15) is 19.8 Å². The van der Waals surface area contributed by atoms with Crippen LogP contribution in [-0.2, 0) is 0 Å². The molecule has 1 atom stereocenters. The molecule has 1 unspecified atom stereocenters. The highest BCUT2D eigenvalue weighted by molar-refractivity contribution is 7.99. The smallest absolute Gasteiger partial charge is 0.162 e. The zero-order valence-corrected chi connectivity index (χ0v) is 11.0. The maximum Gasteiger partial charge on any atom is 0.162 e. The second-order valence-electron chi connectivity index (χ2n) is 4.14. The third kappa shape index (κ3) is 3.54. The first kappa shape index (κ1) is 12.6. The second-order valence-corrected chi connectivity index (χ2v) is 5.23. The average Bonchev–Trinajstić information content (AvgIpc) is 2.60. The van der Waals surface area contributed by atoms with Crippen LogP contribution < -0.4 is 15.2 Å². The number of nitrogens with two attached hydrogens (primary N) is 1. The van der Waals surface area contributed by atoms with E-state index >= 15 is 0 Å². The third-order valence-electron chi connectivity index (χ3n) is 2.71. The normalized spacial score (nSPS) is 16.4. The van der Waals surface area contributed by atoms with Crippen LogP contribution >= 0.6 is 11.8 Å². The van der Waals surface area contributed by atoms with Gasteiger partial charge in [0.15, 0.2) is 11.5 Å². The minimum Gasteiger partial charge on any atom is -0.490 e. The van der Waals surface area contributed by atoms with Crippen molar-refractivity contribution >= 4 is 11.8 Å². The highest BCUT2D eigenvalue weighted by atomic mass is 32.2. The summed E-state index contributed by atoms with van der Waals surface area (Å²) in [6, 6.07) is 6.37. The number of hydrogen-bond acceptors (Lipinski definition) is 4. The average molecular weight is 253 g/mol. The number of thioether (sulfide) groups is 1. The second kappa shape index (κ2) is 6.17. The lowest BCUT2D eigenvalue weighted by Gasteiger charge is -2.11. The molecule has 1 heterocycles. The maximum absolute atomic E-state index is 5.91. The molecule has 0 radical (unpaired) electrons. The Labute approximate surface area is 107 Å². The molecular formula is C13H19NO2S. The van der Waals surface area contributed by atoms with E-state index in [1.54, 1.807) is 11.8 Å². The Balaban J connectivity index is 2.02. The Morgan fingerprint density at radius 3 is 2.82 bits per heavy atom. The fraction of sp³-hybridized carbons (Fsp3) is 0.538. The number of ether oxygens (including phenoxy) is 2. The van der Waals surface area contributed by atoms with Crippen LogP contribution in [-0.4, -0.2) is 25.0 Å². The van der Waals surface area contributed by atoms with Crippen molar-refractivity contribution < 1.29 is 9.47 Å². The van der Waals surface area contributed by atoms with Crippen molar-refractivity contribution in [3.63, 3.8) is 0 Å². The van der Waals surface area contributed by atoms with E-state index in [0.29, 0.717) is 0 Å². The summed E-state index contributed by atoms with van der Waals surface area (Å²) in [5.74, 6) is 2.65. The standard InChI is InChI=1S/C13H19NO2S/c1-2-10(14)9-17-11-4-5-12-13(8-11)16-7-3-6-15-12/h4-5,8,10H,2-3,6-7,9,14H2,1H3. The number of benzene rings is 1. The Morgan fingerprint density at radius 2 is 2.06 bits per heavy atom. The predicted octanol–water partition coefficient (Wildman–Crippen LogP) is 2.68. The van der Waals surface area contributed by atoms with Crippen molar-refractivity contribution in [3.05, 3.63) is 18.2 Å². The van der Waals surface area contributed by atoms with Gasteiger partial charge in [0.05, 0.1) is 13.2 Å². The van der Waals surface area contributed by atoms with Gasteiger partial charge >= 0.3 is 0 Å². The fourth-order valence-corrected chi connectivity index (χ4v) is 2.55. The quantitative estimate of drug-likeness (QED) is 0.838. The van der Waals surface area contributed by atoms with E-state index in [0.717, 1.165) is 43.3 Å². The Bertz CT molecular complexity index is 370. The minimum absolute atomic E-state index is 0.260. The van der Waals surface area contributed by atoms with Crippen LogP contribution in [0.3, 0.4) is 0 Å². The van der Waals surface area contributed by atoms with E-state index in [1.807, 2.05) is 12.1 Å². The summed E-state index contributed by atoms with van der Waals surface area (Å²) in [5, 5.41) is 0. The van der Waals surface area contributed by atoms with Gasteiger partial charge in [-0.3, -0.25) is 0 Å². The molecule has 0 saturated heterocycles. The number of hydrogen-bond donors (Lipinski definition) is 1. The van der Waals surface area contributed by atoms with Gasteiger partial charge in [0, 0.05) is 23.1 Å². The summed E-state index contributed by atoms with van der Waals surface area (Å²) in [4.78, 5) is 1.19. The maximum atomic E-state index is 5.91. The zero-order valence-electron chi connectivity index (χ0n) is 10.1. The van der Waals surface area contributed by atoms with Gasteiger partial charge in [0.2, 0.25) is 0 Å². The Kier molecular flexibility index (Phi) is 4.57. The fourth-order valence-electron chi connectivity index (χ4n) is 1.55. The predicted molar refractivity (Wildman–Crippen MR) is 71.0 cm³/mol. The van der Waals surface area contributed by atoms with Crippen molar-refractivity contribution in [1.82, 2.24) is 0 Å². The molecule has 1 aliphatic rings. The highest BCUT2D eigenvalue weighted by Crippen LogP contribution is 2.33. The third-order valence-corrected chi connectivity index (χ3v) is 3.89. The molecule has 0 fully saturated rings. The molecule has 1 aromatic carbocycles. The van der Waals surface area contributed by atoms with E-state index in [1.165, 1.54) is 4.90 Å². The monoisotopic (exact) mass is 253 g/mol. The molecule has 2 N–H and O–H groups in total. The first-order valence-corrected chi connectivity index (χ1v) is 7.06. The number of fused-ring (bicyclic) bond motifs is 1. The van der Waals surface area contributed by atoms with Crippen molar-refractivity contribution in [2.75, 3.05) is 19.0 Å². The van der Waals surface area contributed by atoms with Crippen LogP contribution in [0.4, 0.5) is 0 Å². The van der Waals surface area contributed by atoms with Gasteiger partial charge in [-0.2, -0.15) is 0 Å².